The van der Waals surface area contributed by atoms with E-state index >= 15 is 0 Å². The van der Waals surface area contributed by atoms with Crippen LogP contribution in [0.25, 0.3) is 0 Å². The zero-order valence-corrected chi connectivity index (χ0v) is 10.2. The molecule has 0 aliphatic carbocycles. The summed E-state index contributed by atoms with van der Waals surface area (Å²) in [6.07, 6.45) is 0. The van der Waals surface area contributed by atoms with Gasteiger partial charge < -0.3 is 10.0 Å². The van der Waals surface area contributed by atoms with Gasteiger partial charge in [0.2, 0.25) is 0 Å². The summed E-state index contributed by atoms with van der Waals surface area (Å²) in [7, 11) is -1.44. The third kappa shape index (κ3) is 1.70. The molecular formula is C11H15NO3S. The molecule has 1 aromatic carbocycles. The summed E-state index contributed by atoms with van der Waals surface area (Å²) in [6.45, 7) is 1.77. The summed E-state index contributed by atoms with van der Waals surface area (Å²) >= 11 is 0. The third-order valence-corrected chi connectivity index (χ3v) is 4.84. The molecule has 0 amide bonds. The van der Waals surface area contributed by atoms with Crippen LogP contribution in [0.5, 0.6) is 0 Å². The Balaban J connectivity index is 2.63. The molecule has 1 aromatic rings. The standard InChI is InChI=1S/C11H15NO3S/c1-8-3-4-11-10(5-8)12(2)9(6-13)7-16(11,14)15/h3-5,9,13H,6-7H2,1-2H3. The maximum Gasteiger partial charge on any atom is 0.182 e. The highest BCUT2D eigenvalue weighted by molar-refractivity contribution is 7.91. The van der Waals surface area contributed by atoms with Crippen molar-refractivity contribution < 1.29 is 13.5 Å². The van der Waals surface area contributed by atoms with Gasteiger partial charge in [-0.15, -0.1) is 0 Å². The molecule has 1 atom stereocenters. The highest BCUT2D eigenvalue weighted by Crippen LogP contribution is 2.32. The smallest absolute Gasteiger partial charge is 0.182 e. The van der Waals surface area contributed by atoms with Gasteiger partial charge in [-0.2, -0.15) is 0 Å². The Kier molecular flexibility index (Phi) is 2.67. The fourth-order valence-corrected chi connectivity index (χ4v) is 3.80. The van der Waals surface area contributed by atoms with Crippen LogP contribution < -0.4 is 4.90 Å². The van der Waals surface area contributed by atoms with Crippen molar-refractivity contribution in [3.63, 3.8) is 0 Å². The maximum atomic E-state index is 12.0. The highest BCUT2D eigenvalue weighted by Gasteiger charge is 2.33. The molecule has 16 heavy (non-hydrogen) atoms. The molecule has 0 bridgehead atoms. The number of likely N-dealkylation sites (N-methyl/N-ethyl adjacent to an activating group) is 1. The molecule has 4 nitrogen and oxygen atoms in total. The molecule has 1 N–H and O–H groups in total. The zero-order chi connectivity index (χ0) is 11.9. The molecule has 5 heteroatoms. The van der Waals surface area contributed by atoms with Crippen molar-refractivity contribution in [1.82, 2.24) is 0 Å². The number of rotatable bonds is 1. The largest absolute Gasteiger partial charge is 0.394 e. The van der Waals surface area contributed by atoms with Crippen molar-refractivity contribution in [2.24, 2.45) is 0 Å². The van der Waals surface area contributed by atoms with E-state index in [1.807, 2.05) is 24.9 Å². The van der Waals surface area contributed by atoms with Crippen LogP contribution in [0.15, 0.2) is 23.1 Å². The molecule has 0 radical (unpaired) electrons. The lowest BCUT2D eigenvalue weighted by Crippen LogP contribution is -2.44. The molecule has 0 saturated carbocycles. The van der Waals surface area contributed by atoms with Crippen molar-refractivity contribution in [1.29, 1.82) is 0 Å². The van der Waals surface area contributed by atoms with Crippen molar-refractivity contribution in [2.45, 2.75) is 17.9 Å². The minimum atomic E-state index is -3.25. The quantitative estimate of drug-likeness (QED) is 0.781. The van der Waals surface area contributed by atoms with Crippen molar-refractivity contribution in [2.75, 3.05) is 24.3 Å². The predicted octanol–water partition coefficient (Wildman–Crippen LogP) is 0.579. The van der Waals surface area contributed by atoms with Crippen LogP contribution >= 0.6 is 0 Å². The van der Waals surface area contributed by atoms with E-state index in [0.29, 0.717) is 10.6 Å². The van der Waals surface area contributed by atoms with Crippen molar-refractivity contribution in [3.8, 4) is 0 Å². The summed E-state index contributed by atoms with van der Waals surface area (Å²) in [6, 6.07) is 4.93. The summed E-state index contributed by atoms with van der Waals surface area (Å²) in [5.74, 6) is -0.0178. The number of anilines is 1. The fourth-order valence-electron chi connectivity index (χ4n) is 1.99. The Hall–Kier alpha value is -1.07. The summed E-state index contributed by atoms with van der Waals surface area (Å²) in [5, 5.41) is 9.18. The van der Waals surface area contributed by atoms with Gasteiger partial charge in [-0.1, -0.05) is 6.07 Å². The normalized spacial score (nSPS) is 22.9. The lowest BCUT2D eigenvalue weighted by molar-refractivity contribution is 0.269. The Labute approximate surface area is 95.4 Å². The van der Waals surface area contributed by atoms with Gasteiger partial charge in [0.1, 0.15) is 0 Å². The number of benzene rings is 1. The molecule has 1 unspecified atom stereocenters. The monoisotopic (exact) mass is 241 g/mol. The Bertz CT molecular complexity index is 510. The fraction of sp³-hybridized carbons (Fsp3) is 0.455. The Morgan fingerprint density at radius 1 is 1.50 bits per heavy atom. The van der Waals surface area contributed by atoms with Gasteiger partial charge in [-0.25, -0.2) is 8.42 Å². The number of fused-ring (bicyclic) bond motifs is 1. The van der Waals surface area contributed by atoms with Gasteiger partial charge in [0.05, 0.1) is 29.0 Å². The lowest BCUT2D eigenvalue weighted by Gasteiger charge is -2.34. The van der Waals surface area contributed by atoms with E-state index in [1.54, 1.807) is 12.1 Å². The predicted molar refractivity (Wildman–Crippen MR) is 62.5 cm³/mol. The van der Waals surface area contributed by atoms with Crippen molar-refractivity contribution in [3.05, 3.63) is 23.8 Å². The van der Waals surface area contributed by atoms with Crippen LogP contribution in [-0.2, 0) is 9.84 Å². The van der Waals surface area contributed by atoms with Crippen LogP contribution in [0.4, 0.5) is 5.69 Å². The first-order valence-electron chi connectivity index (χ1n) is 5.13. The highest BCUT2D eigenvalue weighted by atomic mass is 32.2. The number of aliphatic hydroxyl groups excluding tert-OH is 1. The molecule has 0 saturated heterocycles. The first-order chi connectivity index (χ1) is 7.45. The van der Waals surface area contributed by atoms with Crippen molar-refractivity contribution >= 4 is 15.5 Å². The number of hydrogen-bond acceptors (Lipinski definition) is 4. The second-order valence-electron chi connectivity index (χ2n) is 4.20. The summed E-state index contributed by atoms with van der Waals surface area (Å²) in [5.41, 5.74) is 1.70. The Morgan fingerprint density at radius 2 is 2.19 bits per heavy atom. The molecule has 0 fully saturated rings. The average Bonchev–Trinajstić information content (AvgIpc) is 2.23. The first kappa shape index (κ1) is 11.4. The van der Waals surface area contributed by atoms with Crippen LogP contribution in [0, 0.1) is 6.92 Å². The van der Waals surface area contributed by atoms with Gasteiger partial charge in [0.25, 0.3) is 0 Å². The number of sulfone groups is 1. The van der Waals surface area contributed by atoms with E-state index < -0.39 is 9.84 Å². The van der Waals surface area contributed by atoms with Gasteiger partial charge in [0.15, 0.2) is 9.84 Å². The van der Waals surface area contributed by atoms with E-state index in [-0.39, 0.29) is 18.4 Å². The molecule has 88 valence electrons. The Morgan fingerprint density at radius 3 is 2.81 bits per heavy atom. The average molecular weight is 241 g/mol. The van der Waals surface area contributed by atoms with Gasteiger partial charge in [0, 0.05) is 7.05 Å². The molecule has 2 rings (SSSR count). The number of aliphatic hydroxyl groups is 1. The van der Waals surface area contributed by atoms with E-state index in [0.717, 1.165) is 5.56 Å². The third-order valence-electron chi connectivity index (χ3n) is 3.00. The topological polar surface area (TPSA) is 57.6 Å². The maximum absolute atomic E-state index is 12.0. The second kappa shape index (κ2) is 3.75. The van der Waals surface area contributed by atoms with E-state index in [4.69, 9.17) is 0 Å². The van der Waals surface area contributed by atoms with Crippen LogP contribution in [0.1, 0.15) is 5.56 Å². The van der Waals surface area contributed by atoms with E-state index in [2.05, 4.69) is 0 Å². The van der Waals surface area contributed by atoms with Crippen LogP contribution in [0.3, 0.4) is 0 Å². The molecule has 1 aliphatic rings. The van der Waals surface area contributed by atoms with E-state index in [9.17, 15) is 13.5 Å². The summed E-state index contributed by atoms with van der Waals surface area (Å²) in [4.78, 5) is 2.20. The zero-order valence-electron chi connectivity index (χ0n) is 9.34. The van der Waals surface area contributed by atoms with E-state index in [1.165, 1.54) is 0 Å². The minimum absolute atomic E-state index is 0.0178. The number of hydrogen-bond donors (Lipinski definition) is 1. The molecule has 1 aliphatic heterocycles. The number of nitrogens with zero attached hydrogens (tertiary/aromatic N) is 1. The first-order valence-corrected chi connectivity index (χ1v) is 6.78. The minimum Gasteiger partial charge on any atom is -0.394 e. The van der Waals surface area contributed by atoms with Gasteiger partial charge >= 0.3 is 0 Å². The second-order valence-corrected chi connectivity index (χ2v) is 6.20. The number of aryl methyl sites for hydroxylation is 1. The molecule has 1 heterocycles. The summed E-state index contributed by atoms with van der Waals surface area (Å²) < 4.78 is 23.9. The lowest BCUT2D eigenvalue weighted by atomic mass is 10.2. The van der Waals surface area contributed by atoms with Gasteiger partial charge in [-0.3, -0.25) is 0 Å². The molecule has 0 aromatic heterocycles. The molecule has 0 spiro atoms. The van der Waals surface area contributed by atoms with Gasteiger partial charge in [-0.05, 0) is 24.6 Å². The SMILES string of the molecule is Cc1ccc2c(c1)N(C)C(CO)CS2(=O)=O. The molecular weight excluding hydrogens is 226 g/mol. The van der Waals surface area contributed by atoms with Crippen LogP contribution in [-0.4, -0.2) is 39.0 Å². The van der Waals surface area contributed by atoms with Crippen LogP contribution in [0.2, 0.25) is 0 Å².